The van der Waals surface area contributed by atoms with Gasteiger partial charge in [-0.1, -0.05) is 17.9 Å². The Bertz CT molecular complexity index is 1250. The van der Waals surface area contributed by atoms with Gasteiger partial charge in [0, 0.05) is 0 Å². The normalized spacial score (nSPS) is 11.2. The van der Waals surface area contributed by atoms with Gasteiger partial charge in [-0.2, -0.15) is 16.8 Å². The highest BCUT2D eigenvalue weighted by Gasteiger charge is 2.09. The van der Waals surface area contributed by atoms with Crippen molar-refractivity contribution in [2.45, 2.75) is 12.8 Å². The number of rotatable bonds is 10. The van der Waals surface area contributed by atoms with Crippen molar-refractivity contribution >= 4 is 20.2 Å². The minimum Gasteiger partial charge on any atom is -0.494 e. The van der Waals surface area contributed by atoms with E-state index in [4.69, 9.17) is 25.0 Å². The van der Waals surface area contributed by atoms with E-state index in [2.05, 4.69) is 22.7 Å². The highest BCUT2D eigenvalue weighted by Crippen LogP contribution is 2.24. The van der Waals surface area contributed by atoms with Crippen LogP contribution in [0.3, 0.4) is 0 Å². The van der Waals surface area contributed by atoms with Crippen molar-refractivity contribution in [3.8, 4) is 35.7 Å². The molecule has 0 bridgehead atoms. The molecule has 0 fully saturated rings. The van der Waals surface area contributed by atoms with Gasteiger partial charge in [0.05, 0.1) is 30.3 Å². The van der Waals surface area contributed by atoms with Crippen molar-refractivity contribution in [3.63, 3.8) is 0 Å². The van der Waals surface area contributed by atoms with Crippen LogP contribution in [0.25, 0.3) is 0 Å². The fourth-order valence-electron chi connectivity index (χ4n) is 2.39. The molecule has 0 saturated heterocycles. The number of terminal acetylenes is 1. The van der Waals surface area contributed by atoms with Crippen LogP contribution in [-0.4, -0.2) is 55.6 Å². The molecule has 0 unspecified atom stereocenters. The van der Waals surface area contributed by atoms with Gasteiger partial charge in [0.1, 0.15) is 22.9 Å². The Morgan fingerprint density at radius 2 is 1.50 bits per heavy atom. The summed E-state index contributed by atoms with van der Waals surface area (Å²) in [6.45, 7) is 0.0703. The van der Waals surface area contributed by atoms with E-state index in [-0.39, 0.29) is 26.1 Å². The third-order valence-corrected chi connectivity index (χ3v) is 5.40. The molecule has 2 rings (SSSR count). The zero-order valence-electron chi connectivity index (χ0n) is 16.9. The summed E-state index contributed by atoms with van der Waals surface area (Å²) in [5.41, 5.74) is 1.27. The van der Waals surface area contributed by atoms with E-state index in [1.165, 1.54) is 0 Å². The summed E-state index contributed by atoms with van der Waals surface area (Å²) in [5.74, 6) is 8.06. The van der Waals surface area contributed by atoms with Crippen LogP contribution < -0.4 is 9.47 Å². The molecule has 2 aromatic rings. The summed E-state index contributed by atoms with van der Waals surface area (Å²) in [4.78, 5) is 4.19. The molecular weight excluding hydrogens is 458 g/mol. The number of benzene rings is 1. The Labute approximate surface area is 187 Å². The third-order valence-electron chi connectivity index (χ3n) is 3.79. The van der Waals surface area contributed by atoms with Gasteiger partial charge in [-0.05, 0) is 49.1 Å². The predicted molar refractivity (Wildman–Crippen MR) is 118 cm³/mol. The molecule has 0 aliphatic carbocycles. The Morgan fingerprint density at radius 1 is 0.875 bits per heavy atom. The number of hydrogen-bond acceptors (Lipinski definition) is 7. The van der Waals surface area contributed by atoms with E-state index >= 15 is 0 Å². The largest absolute Gasteiger partial charge is 0.494 e. The van der Waals surface area contributed by atoms with E-state index in [0.717, 1.165) is 0 Å². The molecule has 0 amide bonds. The molecule has 0 aliphatic heterocycles. The van der Waals surface area contributed by atoms with E-state index in [0.29, 0.717) is 28.5 Å². The number of nitrogens with zero attached hydrogens (tertiary/aromatic N) is 1. The maximum Gasteiger partial charge on any atom is 0.264 e. The molecule has 0 saturated carbocycles. The van der Waals surface area contributed by atoms with Gasteiger partial charge in [0.2, 0.25) is 0 Å². The van der Waals surface area contributed by atoms with Crippen molar-refractivity contribution in [2.24, 2.45) is 0 Å². The van der Waals surface area contributed by atoms with Gasteiger partial charge >= 0.3 is 0 Å². The molecule has 1 aromatic heterocycles. The fraction of sp³-hybridized carbons (Fsp3) is 0.286. The lowest BCUT2D eigenvalue weighted by Gasteiger charge is -2.11. The summed E-state index contributed by atoms with van der Waals surface area (Å²) in [5, 5.41) is 0. The molecule has 2 N–H and O–H groups in total. The Balaban J connectivity index is 2.18. The SMILES string of the molecule is C#Cc1cccc(C#Cc2cc(OCCCS(=O)(=O)O)ccc2OCCCS(=O)(=O)O)n1. The fourth-order valence-corrected chi connectivity index (χ4v) is 3.36. The number of ether oxygens (including phenoxy) is 2. The lowest BCUT2D eigenvalue weighted by Crippen LogP contribution is -2.09. The van der Waals surface area contributed by atoms with Crippen LogP contribution >= 0.6 is 0 Å². The molecule has 0 aliphatic rings. The Morgan fingerprint density at radius 3 is 2.12 bits per heavy atom. The van der Waals surface area contributed by atoms with Gasteiger partial charge in [-0.15, -0.1) is 6.42 Å². The van der Waals surface area contributed by atoms with Gasteiger partial charge in [-0.3, -0.25) is 9.11 Å². The second kappa shape index (κ2) is 11.5. The first-order valence-corrected chi connectivity index (χ1v) is 12.5. The van der Waals surface area contributed by atoms with Gasteiger partial charge in [0.15, 0.2) is 0 Å². The zero-order chi connectivity index (χ0) is 23.6. The third kappa shape index (κ3) is 9.81. The monoisotopic (exact) mass is 479 g/mol. The molecule has 11 heteroatoms. The smallest absolute Gasteiger partial charge is 0.264 e. The van der Waals surface area contributed by atoms with Crippen molar-refractivity contribution in [2.75, 3.05) is 24.7 Å². The first-order valence-electron chi connectivity index (χ1n) is 9.31. The minimum absolute atomic E-state index is 0.0217. The Hall–Kier alpha value is -3.09. The maximum absolute atomic E-state index is 10.8. The van der Waals surface area contributed by atoms with Crippen LogP contribution in [0.5, 0.6) is 11.5 Å². The summed E-state index contributed by atoms with van der Waals surface area (Å²) in [6, 6.07) is 9.78. The first kappa shape index (κ1) is 25.2. The zero-order valence-corrected chi connectivity index (χ0v) is 18.5. The van der Waals surface area contributed by atoms with Crippen LogP contribution in [0.2, 0.25) is 0 Å². The lowest BCUT2D eigenvalue weighted by atomic mass is 10.2. The Kier molecular flexibility index (Phi) is 9.05. The highest BCUT2D eigenvalue weighted by molar-refractivity contribution is 7.86. The van der Waals surface area contributed by atoms with Crippen LogP contribution in [0.1, 0.15) is 29.8 Å². The summed E-state index contributed by atoms with van der Waals surface area (Å²) < 4.78 is 71.9. The second-order valence-corrected chi connectivity index (χ2v) is 9.58. The van der Waals surface area contributed by atoms with Gasteiger partial charge in [-0.25, -0.2) is 4.98 Å². The van der Waals surface area contributed by atoms with Crippen LogP contribution in [0.4, 0.5) is 0 Å². The summed E-state index contributed by atoms with van der Waals surface area (Å²) in [6.07, 6.45) is 5.51. The van der Waals surface area contributed by atoms with Gasteiger partial charge in [0.25, 0.3) is 20.2 Å². The highest BCUT2D eigenvalue weighted by atomic mass is 32.2. The number of pyridine rings is 1. The molecule has 170 valence electrons. The summed E-state index contributed by atoms with van der Waals surface area (Å²) >= 11 is 0. The van der Waals surface area contributed by atoms with Crippen molar-refractivity contribution < 1.29 is 35.4 Å². The average Bonchev–Trinajstić information content (AvgIpc) is 2.72. The van der Waals surface area contributed by atoms with E-state index in [1.54, 1.807) is 36.4 Å². The molecule has 0 atom stereocenters. The van der Waals surface area contributed by atoms with Crippen molar-refractivity contribution in [1.29, 1.82) is 0 Å². The predicted octanol–water partition coefficient (Wildman–Crippen LogP) is 1.78. The standard InChI is InChI=1S/C21H21NO8S2/c1-2-18-6-3-7-19(22-18)9-8-17-16-20(29-12-4-14-31(23,24)25)10-11-21(17)30-13-5-15-32(26,27)28/h1,3,6-7,10-11,16H,4-5,12-15H2,(H,23,24,25)(H,26,27,28). The molecule has 32 heavy (non-hydrogen) atoms. The second-order valence-electron chi connectivity index (χ2n) is 6.44. The van der Waals surface area contributed by atoms with Crippen molar-refractivity contribution in [1.82, 2.24) is 4.98 Å². The van der Waals surface area contributed by atoms with Crippen molar-refractivity contribution in [3.05, 3.63) is 53.3 Å². The maximum atomic E-state index is 10.8. The number of hydrogen-bond donors (Lipinski definition) is 2. The molecular formula is C21H21NO8S2. The quantitative estimate of drug-likeness (QED) is 0.296. The van der Waals surface area contributed by atoms with Crippen LogP contribution in [-0.2, 0) is 20.2 Å². The molecule has 1 aromatic carbocycles. The molecule has 0 radical (unpaired) electrons. The topological polar surface area (TPSA) is 140 Å². The van der Waals surface area contributed by atoms with Crippen LogP contribution in [0, 0.1) is 24.2 Å². The molecule has 9 nitrogen and oxygen atoms in total. The summed E-state index contributed by atoms with van der Waals surface area (Å²) in [7, 11) is -8.15. The molecule has 0 spiro atoms. The van der Waals surface area contributed by atoms with E-state index in [1.807, 2.05) is 0 Å². The average molecular weight is 480 g/mol. The first-order chi connectivity index (χ1) is 15.1. The van der Waals surface area contributed by atoms with Gasteiger partial charge < -0.3 is 9.47 Å². The number of aromatic nitrogens is 1. The van der Waals surface area contributed by atoms with Crippen LogP contribution in [0.15, 0.2) is 36.4 Å². The minimum atomic E-state index is -4.08. The molecule has 1 heterocycles. The van der Waals surface area contributed by atoms with E-state index in [9.17, 15) is 16.8 Å². The van der Waals surface area contributed by atoms with E-state index < -0.39 is 31.7 Å². The lowest BCUT2D eigenvalue weighted by molar-refractivity contribution is 0.307.